The second kappa shape index (κ2) is 5.64. The summed E-state index contributed by atoms with van der Waals surface area (Å²) in [5.41, 5.74) is 11.2. The second-order valence-corrected chi connectivity index (χ2v) is 4.37. The van der Waals surface area contributed by atoms with E-state index in [-0.39, 0.29) is 17.8 Å². The molecule has 0 radical (unpaired) electrons. The molecule has 108 valence electrons. The SMILES string of the molecule is CCOc1cc(Oc2cnc(N)nc2N)n(C(C)C)n1. The van der Waals surface area contributed by atoms with E-state index in [1.165, 1.54) is 6.20 Å². The minimum atomic E-state index is 0.0993. The van der Waals surface area contributed by atoms with E-state index in [0.29, 0.717) is 24.1 Å². The Balaban J connectivity index is 2.31. The summed E-state index contributed by atoms with van der Waals surface area (Å²) >= 11 is 0. The first-order valence-corrected chi connectivity index (χ1v) is 6.29. The smallest absolute Gasteiger partial charge is 0.236 e. The molecule has 0 spiro atoms. The lowest BCUT2D eigenvalue weighted by Crippen LogP contribution is -2.07. The molecule has 2 aromatic rings. The predicted molar refractivity (Wildman–Crippen MR) is 74.7 cm³/mol. The van der Waals surface area contributed by atoms with E-state index < -0.39 is 0 Å². The van der Waals surface area contributed by atoms with Crippen LogP contribution >= 0.6 is 0 Å². The Morgan fingerprint density at radius 3 is 2.70 bits per heavy atom. The van der Waals surface area contributed by atoms with Gasteiger partial charge in [0.05, 0.1) is 24.9 Å². The van der Waals surface area contributed by atoms with Gasteiger partial charge in [0.15, 0.2) is 11.6 Å². The van der Waals surface area contributed by atoms with Crippen molar-refractivity contribution in [3.8, 4) is 17.5 Å². The average Bonchev–Trinajstić information content (AvgIpc) is 2.76. The summed E-state index contributed by atoms with van der Waals surface area (Å²) in [6, 6.07) is 1.80. The van der Waals surface area contributed by atoms with Crippen LogP contribution in [0, 0.1) is 0 Å². The Morgan fingerprint density at radius 1 is 1.35 bits per heavy atom. The molecule has 2 aromatic heterocycles. The highest BCUT2D eigenvalue weighted by atomic mass is 16.5. The van der Waals surface area contributed by atoms with Crippen molar-refractivity contribution in [1.82, 2.24) is 19.7 Å². The zero-order chi connectivity index (χ0) is 14.7. The number of aromatic nitrogens is 4. The van der Waals surface area contributed by atoms with Crippen LogP contribution in [0.15, 0.2) is 12.3 Å². The monoisotopic (exact) mass is 278 g/mol. The van der Waals surface area contributed by atoms with Crippen molar-refractivity contribution >= 4 is 11.8 Å². The molecule has 0 aromatic carbocycles. The van der Waals surface area contributed by atoms with Gasteiger partial charge in [-0.25, -0.2) is 9.67 Å². The maximum Gasteiger partial charge on any atom is 0.236 e. The normalized spacial score (nSPS) is 10.8. The second-order valence-electron chi connectivity index (χ2n) is 4.37. The van der Waals surface area contributed by atoms with Crippen LogP contribution in [0.2, 0.25) is 0 Å². The van der Waals surface area contributed by atoms with Gasteiger partial charge in [0.1, 0.15) is 0 Å². The molecule has 0 saturated carbocycles. The first kappa shape index (κ1) is 13.9. The van der Waals surface area contributed by atoms with Crippen molar-refractivity contribution < 1.29 is 9.47 Å². The largest absolute Gasteiger partial charge is 0.477 e. The molecule has 0 aliphatic carbocycles. The molecular formula is C12H18N6O2. The van der Waals surface area contributed by atoms with E-state index in [0.717, 1.165) is 0 Å². The van der Waals surface area contributed by atoms with Gasteiger partial charge in [-0.1, -0.05) is 0 Å². The van der Waals surface area contributed by atoms with Gasteiger partial charge in [0.25, 0.3) is 0 Å². The molecule has 2 heterocycles. The minimum absolute atomic E-state index is 0.0993. The van der Waals surface area contributed by atoms with Crippen LogP contribution in [0.3, 0.4) is 0 Å². The molecule has 0 aliphatic rings. The lowest BCUT2D eigenvalue weighted by molar-refractivity contribution is 0.317. The Labute approximate surface area is 116 Å². The Hall–Kier alpha value is -2.51. The molecule has 8 heteroatoms. The van der Waals surface area contributed by atoms with E-state index in [4.69, 9.17) is 20.9 Å². The summed E-state index contributed by atoms with van der Waals surface area (Å²) in [7, 11) is 0. The van der Waals surface area contributed by atoms with E-state index >= 15 is 0 Å². The third-order valence-electron chi connectivity index (χ3n) is 2.48. The van der Waals surface area contributed by atoms with Gasteiger partial charge in [-0.2, -0.15) is 4.98 Å². The summed E-state index contributed by atoms with van der Waals surface area (Å²) in [5.74, 6) is 1.59. The molecule has 0 amide bonds. The highest BCUT2D eigenvalue weighted by molar-refractivity contribution is 5.48. The van der Waals surface area contributed by atoms with Crippen LogP contribution in [0.1, 0.15) is 26.8 Å². The van der Waals surface area contributed by atoms with Crippen LogP contribution in [-0.4, -0.2) is 26.4 Å². The Kier molecular flexibility index (Phi) is 3.92. The number of hydrogen-bond donors (Lipinski definition) is 2. The molecule has 8 nitrogen and oxygen atoms in total. The summed E-state index contributed by atoms with van der Waals surface area (Å²) in [6.07, 6.45) is 1.43. The zero-order valence-electron chi connectivity index (χ0n) is 11.7. The summed E-state index contributed by atoms with van der Waals surface area (Å²) < 4.78 is 12.8. The van der Waals surface area contributed by atoms with Crippen molar-refractivity contribution in [2.24, 2.45) is 0 Å². The standard InChI is InChI=1S/C12H18N6O2/c1-4-19-9-5-10(18(17-9)7(2)3)20-8-6-15-12(14)16-11(8)13/h5-7H,4H2,1-3H3,(H4,13,14,15,16). The number of ether oxygens (including phenoxy) is 2. The van der Waals surface area contributed by atoms with Gasteiger partial charge in [-0.05, 0) is 20.8 Å². The first-order chi connectivity index (χ1) is 9.51. The van der Waals surface area contributed by atoms with Crippen molar-refractivity contribution in [3.05, 3.63) is 12.3 Å². The maximum absolute atomic E-state index is 5.74. The summed E-state index contributed by atoms with van der Waals surface area (Å²) in [4.78, 5) is 7.70. The average molecular weight is 278 g/mol. The fourth-order valence-corrected chi connectivity index (χ4v) is 1.61. The molecule has 0 saturated heterocycles. The van der Waals surface area contributed by atoms with Gasteiger partial charge in [0, 0.05) is 0 Å². The highest BCUT2D eigenvalue weighted by Gasteiger charge is 2.15. The molecule has 0 atom stereocenters. The maximum atomic E-state index is 5.74. The van der Waals surface area contributed by atoms with Crippen molar-refractivity contribution in [2.75, 3.05) is 18.1 Å². The third-order valence-corrected chi connectivity index (χ3v) is 2.48. The molecule has 2 rings (SSSR count). The number of rotatable bonds is 5. The van der Waals surface area contributed by atoms with Gasteiger partial charge in [-0.3, -0.25) is 0 Å². The topological polar surface area (TPSA) is 114 Å². The van der Waals surface area contributed by atoms with Crippen LogP contribution in [0.25, 0.3) is 0 Å². The van der Waals surface area contributed by atoms with E-state index in [9.17, 15) is 0 Å². The van der Waals surface area contributed by atoms with Crippen LogP contribution in [0.5, 0.6) is 17.5 Å². The van der Waals surface area contributed by atoms with Crippen molar-refractivity contribution in [2.45, 2.75) is 26.8 Å². The zero-order valence-corrected chi connectivity index (χ0v) is 11.7. The molecule has 0 unspecified atom stereocenters. The molecule has 0 bridgehead atoms. The van der Waals surface area contributed by atoms with E-state index in [1.807, 2.05) is 20.8 Å². The quantitative estimate of drug-likeness (QED) is 0.853. The van der Waals surface area contributed by atoms with Gasteiger partial charge >= 0.3 is 0 Å². The van der Waals surface area contributed by atoms with Crippen LogP contribution < -0.4 is 20.9 Å². The number of nitrogens with zero attached hydrogens (tertiary/aromatic N) is 4. The number of hydrogen-bond acceptors (Lipinski definition) is 7. The van der Waals surface area contributed by atoms with Gasteiger partial charge in [-0.15, -0.1) is 5.10 Å². The Morgan fingerprint density at radius 2 is 2.10 bits per heavy atom. The fourth-order valence-electron chi connectivity index (χ4n) is 1.61. The van der Waals surface area contributed by atoms with Crippen molar-refractivity contribution in [1.29, 1.82) is 0 Å². The summed E-state index contributed by atoms with van der Waals surface area (Å²) in [6.45, 7) is 6.39. The van der Waals surface area contributed by atoms with E-state index in [2.05, 4.69) is 15.1 Å². The highest BCUT2D eigenvalue weighted by Crippen LogP contribution is 2.30. The summed E-state index contributed by atoms with van der Waals surface area (Å²) in [5, 5.41) is 4.31. The third kappa shape index (κ3) is 2.90. The molecular weight excluding hydrogens is 260 g/mol. The fraction of sp³-hybridized carbons (Fsp3) is 0.417. The van der Waals surface area contributed by atoms with E-state index in [1.54, 1.807) is 10.7 Å². The van der Waals surface area contributed by atoms with Gasteiger partial charge < -0.3 is 20.9 Å². The number of nitrogen functional groups attached to an aromatic ring is 2. The Bertz CT molecular complexity index is 596. The van der Waals surface area contributed by atoms with Crippen LogP contribution in [0.4, 0.5) is 11.8 Å². The molecule has 4 N–H and O–H groups in total. The molecule has 0 fully saturated rings. The van der Waals surface area contributed by atoms with Crippen molar-refractivity contribution in [3.63, 3.8) is 0 Å². The molecule has 0 aliphatic heterocycles. The predicted octanol–water partition coefficient (Wildman–Crippen LogP) is 1.61. The number of anilines is 2. The van der Waals surface area contributed by atoms with Gasteiger partial charge in [0.2, 0.25) is 17.7 Å². The minimum Gasteiger partial charge on any atom is -0.477 e. The number of nitrogens with two attached hydrogens (primary N) is 2. The lowest BCUT2D eigenvalue weighted by Gasteiger charge is -2.11. The first-order valence-electron chi connectivity index (χ1n) is 6.29. The molecule has 20 heavy (non-hydrogen) atoms. The lowest BCUT2D eigenvalue weighted by atomic mass is 10.4. The van der Waals surface area contributed by atoms with Crippen LogP contribution in [-0.2, 0) is 0 Å².